The van der Waals surface area contributed by atoms with Gasteiger partial charge < -0.3 is 20.6 Å². The van der Waals surface area contributed by atoms with Crippen molar-refractivity contribution in [2.45, 2.75) is 6.10 Å². The summed E-state index contributed by atoms with van der Waals surface area (Å²) in [5, 5.41) is 28.5. The normalized spacial score (nSPS) is 11.8. The lowest BCUT2D eigenvalue weighted by Crippen LogP contribution is -2.36. The zero-order valence-electron chi connectivity index (χ0n) is 8.25. The molecule has 6 heteroatoms. The molecule has 6 nitrogen and oxygen atoms in total. The van der Waals surface area contributed by atoms with Gasteiger partial charge in [-0.1, -0.05) is 0 Å². The van der Waals surface area contributed by atoms with Gasteiger partial charge in [0, 0.05) is 5.56 Å². The number of aliphatic carboxylic acids is 1. The zero-order valence-corrected chi connectivity index (χ0v) is 8.25. The highest BCUT2D eigenvalue weighted by molar-refractivity contribution is 5.94. The SMILES string of the molecule is O=C(NCC(O)C(=O)O)c1ccc(O)cc1. The number of hydrogen-bond donors (Lipinski definition) is 4. The van der Waals surface area contributed by atoms with Crippen LogP contribution in [-0.2, 0) is 4.79 Å². The Labute approximate surface area is 91.1 Å². The van der Waals surface area contributed by atoms with Crippen LogP contribution in [0, 0.1) is 0 Å². The number of aliphatic hydroxyl groups is 1. The minimum atomic E-state index is -1.62. The van der Waals surface area contributed by atoms with Crippen molar-refractivity contribution in [3.05, 3.63) is 29.8 Å². The van der Waals surface area contributed by atoms with E-state index in [2.05, 4.69) is 5.32 Å². The number of carboxylic acid groups (broad SMARTS) is 1. The van der Waals surface area contributed by atoms with Crippen LogP contribution >= 0.6 is 0 Å². The predicted octanol–water partition coefficient (Wildman–Crippen LogP) is -0.433. The maximum Gasteiger partial charge on any atom is 0.334 e. The summed E-state index contributed by atoms with van der Waals surface area (Å²) < 4.78 is 0. The molecule has 0 aliphatic carbocycles. The minimum absolute atomic E-state index is 0.0297. The molecule has 1 rings (SSSR count). The Hall–Kier alpha value is -2.08. The number of benzene rings is 1. The summed E-state index contributed by atoms with van der Waals surface area (Å²) in [6.07, 6.45) is -1.62. The Bertz CT molecular complexity index is 387. The lowest BCUT2D eigenvalue weighted by Gasteiger charge is -2.07. The molecule has 0 bridgehead atoms. The van der Waals surface area contributed by atoms with E-state index in [1.165, 1.54) is 24.3 Å². The lowest BCUT2D eigenvalue weighted by atomic mass is 10.2. The van der Waals surface area contributed by atoms with Crippen molar-refractivity contribution in [2.75, 3.05) is 6.54 Å². The number of nitrogens with one attached hydrogen (secondary N) is 1. The lowest BCUT2D eigenvalue weighted by molar-refractivity contribution is -0.146. The topological polar surface area (TPSA) is 107 Å². The van der Waals surface area contributed by atoms with Gasteiger partial charge >= 0.3 is 5.97 Å². The van der Waals surface area contributed by atoms with Gasteiger partial charge in [0.15, 0.2) is 6.10 Å². The third kappa shape index (κ3) is 3.25. The monoisotopic (exact) mass is 225 g/mol. The fourth-order valence-corrected chi connectivity index (χ4v) is 0.992. The van der Waals surface area contributed by atoms with Crippen LogP contribution in [-0.4, -0.2) is 39.8 Å². The fourth-order valence-electron chi connectivity index (χ4n) is 0.992. The summed E-state index contributed by atoms with van der Waals surface area (Å²) in [6.45, 7) is -0.366. The molecule has 0 saturated carbocycles. The Morgan fingerprint density at radius 1 is 1.25 bits per heavy atom. The Morgan fingerprint density at radius 2 is 1.81 bits per heavy atom. The second-order valence-corrected chi connectivity index (χ2v) is 3.11. The van der Waals surface area contributed by atoms with E-state index in [9.17, 15) is 9.59 Å². The molecule has 0 heterocycles. The van der Waals surface area contributed by atoms with Crippen molar-refractivity contribution in [2.24, 2.45) is 0 Å². The van der Waals surface area contributed by atoms with Crippen LogP contribution < -0.4 is 5.32 Å². The molecule has 0 saturated heterocycles. The molecule has 1 amide bonds. The van der Waals surface area contributed by atoms with Crippen molar-refractivity contribution >= 4 is 11.9 Å². The van der Waals surface area contributed by atoms with Crippen molar-refractivity contribution in [1.29, 1.82) is 0 Å². The summed E-state index contributed by atoms with van der Waals surface area (Å²) in [4.78, 5) is 21.6. The van der Waals surface area contributed by atoms with E-state index in [-0.39, 0.29) is 17.9 Å². The van der Waals surface area contributed by atoms with Gasteiger partial charge in [0.2, 0.25) is 0 Å². The third-order valence-electron chi connectivity index (χ3n) is 1.87. The molecule has 0 fully saturated rings. The van der Waals surface area contributed by atoms with Gasteiger partial charge in [0.05, 0.1) is 6.54 Å². The highest BCUT2D eigenvalue weighted by Crippen LogP contribution is 2.09. The van der Waals surface area contributed by atoms with Crippen molar-refractivity contribution in [3.8, 4) is 5.75 Å². The van der Waals surface area contributed by atoms with E-state index in [1.807, 2.05) is 0 Å². The number of aromatic hydroxyl groups is 1. The highest BCUT2D eigenvalue weighted by Gasteiger charge is 2.14. The fraction of sp³-hybridized carbons (Fsp3) is 0.200. The maximum atomic E-state index is 11.4. The predicted molar refractivity (Wildman–Crippen MR) is 54.1 cm³/mol. The average Bonchev–Trinajstić information content (AvgIpc) is 2.26. The second-order valence-electron chi connectivity index (χ2n) is 3.11. The number of carboxylic acids is 1. The number of aliphatic hydroxyl groups excluding tert-OH is 1. The summed E-state index contributed by atoms with van der Waals surface area (Å²) in [7, 11) is 0. The largest absolute Gasteiger partial charge is 0.508 e. The van der Waals surface area contributed by atoms with Gasteiger partial charge in [-0.15, -0.1) is 0 Å². The molecule has 0 aromatic heterocycles. The van der Waals surface area contributed by atoms with E-state index in [1.54, 1.807) is 0 Å². The van der Waals surface area contributed by atoms with E-state index < -0.39 is 18.0 Å². The molecular formula is C10H11NO5. The molecule has 0 radical (unpaired) electrons. The molecule has 0 aliphatic rings. The van der Waals surface area contributed by atoms with Gasteiger partial charge in [-0.2, -0.15) is 0 Å². The van der Waals surface area contributed by atoms with Crippen LogP contribution in [0.25, 0.3) is 0 Å². The molecule has 1 aromatic carbocycles. The van der Waals surface area contributed by atoms with E-state index >= 15 is 0 Å². The first-order valence-electron chi connectivity index (χ1n) is 4.49. The minimum Gasteiger partial charge on any atom is -0.508 e. The molecule has 4 N–H and O–H groups in total. The van der Waals surface area contributed by atoms with Gasteiger partial charge in [0.25, 0.3) is 5.91 Å². The quantitative estimate of drug-likeness (QED) is 0.556. The van der Waals surface area contributed by atoms with Crippen molar-refractivity contribution in [3.63, 3.8) is 0 Å². The number of hydrogen-bond acceptors (Lipinski definition) is 4. The molecular weight excluding hydrogens is 214 g/mol. The van der Waals surface area contributed by atoms with Gasteiger partial charge in [-0.3, -0.25) is 4.79 Å². The summed E-state index contributed by atoms with van der Waals surface area (Å²) in [5.41, 5.74) is 0.274. The van der Waals surface area contributed by atoms with E-state index in [0.717, 1.165) is 0 Å². The molecule has 0 aliphatic heterocycles. The zero-order chi connectivity index (χ0) is 12.1. The second kappa shape index (κ2) is 5.13. The van der Waals surface area contributed by atoms with E-state index in [4.69, 9.17) is 15.3 Å². The highest BCUT2D eigenvalue weighted by atomic mass is 16.4. The number of carbonyl (C=O) groups is 2. The first-order chi connectivity index (χ1) is 7.50. The number of rotatable bonds is 4. The molecule has 86 valence electrons. The smallest absolute Gasteiger partial charge is 0.334 e. The third-order valence-corrected chi connectivity index (χ3v) is 1.87. The molecule has 1 unspecified atom stereocenters. The number of amides is 1. The molecule has 1 atom stereocenters. The van der Waals surface area contributed by atoms with Crippen LogP contribution in [0.5, 0.6) is 5.75 Å². The van der Waals surface area contributed by atoms with Crippen LogP contribution in [0.15, 0.2) is 24.3 Å². The molecule has 1 aromatic rings. The molecule has 16 heavy (non-hydrogen) atoms. The number of phenols is 1. The van der Waals surface area contributed by atoms with Crippen LogP contribution in [0.3, 0.4) is 0 Å². The van der Waals surface area contributed by atoms with Crippen molar-refractivity contribution in [1.82, 2.24) is 5.32 Å². The molecule has 0 spiro atoms. The van der Waals surface area contributed by atoms with Gasteiger partial charge in [-0.05, 0) is 24.3 Å². The maximum absolute atomic E-state index is 11.4. The van der Waals surface area contributed by atoms with Crippen LogP contribution in [0.4, 0.5) is 0 Å². The van der Waals surface area contributed by atoms with Crippen LogP contribution in [0.1, 0.15) is 10.4 Å². The summed E-state index contributed by atoms with van der Waals surface area (Å²) in [6, 6.07) is 5.45. The van der Waals surface area contributed by atoms with Gasteiger partial charge in [-0.25, -0.2) is 4.79 Å². The first kappa shape index (κ1) is 12.0. The Balaban J connectivity index is 2.53. The van der Waals surface area contributed by atoms with Crippen molar-refractivity contribution < 1.29 is 24.9 Å². The van der Waals surface area contributed by atoms with Crippen LogP contribution in [0.2, 0.25) is 0 Å². The number of carbonyl (C=O) groups excluding carboxylic acids is 1. The van der Waals surface area contributed by atoms with E-state index in [0.29, 0.717) is 0 Å². The Morgan fingerprint density at radius 3 is 2.31 bits per heavy atom. The Kier molecular flexibility index (Phi) is 3.84. The number of phenolic OH excluding ortho intramolecular Hbond substituents is 1. The van der Waals surface area contributed by atoms with Gasteiger partial charge in [0.1, 0.15) is 5.75 Å². The average molecular weight is 225 g/mol. The summed E-state index contributed by atoms with van der Waals surface area (Å²) in [5.74, 6) is -1.88. The standard InChI is InChI=1S/C10H11NO5/c12-7-3-1-6(2-4-7)9(14)11-5-8(13)10(15)16/h1-4,8,12-13H,5H2,(H,11,14)(H,15,16). The first-order valence-corrected chi connectivity index (χ1v) is 4.49. The summed E-state index contributed by atoms with van der Waals surface area (Å²) >= 11 is 0.